The number of hydrogen-bond acceptors (Lipinski definition) is 4. The molecule has 0 spiro atoms. The van der Waals surface area contributed by atoms with E-state index in [0.29, 0.717) is 11.4 Å². The van der Waals surface area contributed by atoms with E-state index in [-0.39, 0.29) is 23.1 Å². The van der Waals surface area contributed by atoms with Gasteiger partial charge in [-0.05, 0) is 24.1 Å². The molecule has 6 heteroatoms. The molecule has 1 aromatic carbocycles. The van der Waals surface area contributed by atoms with E-state index in [2.05, 4.69) is 4.98 Å². The third kappa shape index (κ3) is 3.46. The number of benzene rings is 1. The Balaban J connectivity index is 2.42. The van der Waals surface area contributed by atoms with Crippen molar-refractivity contribution in [2.24, 2.45) is 0 Å². The minimum atomic E-state index is -0.742. The summed E-state index contributed by atoms with van der Waals surface area (Å²) in [5.74, 6) is 0.554. The number of nitrogens with zero attached hydrogens (tertiary/aromatic N) is 1. The van der Waals surface area contributed by atoms with Crippen LogP contribution in [0.2, 0.25) is 5.15 Å². The largest absolute Gasteiger partial charge is 0.491 e. The third-order valence-electron chi connectivity index (χ3n) is 2.86. The molecule has 0 atom stereocenters. The number of hydrogen-bond donors (Lipinski definition) is 0. The summed E-state index contributed by atoms with van der Waals surface area (Å²) in [4.78, 5) is 15.6. The zero-order valence-corrected chi connectivity index (χ0v) is 13.0. The van der Waals surface area contributed by atoms with Crippen LogP contribution in [0.1, 0.15) is 21.6 Å². The summed E-state index contributed by atoms with van der Waals surface area (Å²) in [6.45, 7) is 1.97. The molecule has 0 saturated carbocycles. The highest BCUT2D eigenvalue weighted by Crippen LogP contribution is 2.38. The van der Waals surface area contributed by atoms with Crippen molar-refractivity contribution in [1.29, 1.82) is 0 Å². The Morgan fingerprint density at radius 2 is 1.90 bits per heavy atom. The summed E-state index contributed by atoms with van der Waals surface area (Å²) in [6.07, 6.45) is 0. The first-order valence-electron chi connectivity index (χ1n) is 6.15. The summed E-state index contributed by atoms with van der Waals surface area (Å²) < 4.78 is 11.0. The molecule has 110 valence electrons. The lowest BCUT2D eigenvalue weighted by atomic mass is 10.2. The summed E-state index contributed by atoms with van der Waals surface area (Å²) in [5.41, 5.74) is 1.47. The molecule has 2 rings (SSSR count). The van der Waals surface area contributed by atoms with Gasteiger partial charge in [0.1, 0.15) is 17.3 Å². The van der Waals surface area contributed by atoms with Crippen LogP contribution in [-0.2, 0) is 6.61 Å². The number of aryl methyl sites for hydroxylation is 1. The molecular weight excluding hydrogens is 313 g/mol. The van der Waals surface area contributed by atoms with E-state index >= 15 is 0 Å². The fourth-order valence-corrected chi connectivity index (χ4v) is 2.43. The van der Waals surface area contributed by atoms with Crippen LogP contribution in [0.15, 0.2) is 30.3 Å². The van der Waals surface area contributed by atoms with Gasteiger partial charge >= 0.3 is 0 Å². The zero-order valence-electron chi connectivity index (χ0n) is 11.5. The highest BCUT2D eigenvalue weighted by molar-refractivity contribution is 6.69. The second kappa shape index (κ2) is 6.78. The van der Waals surface area contributed by atoms with Gasteiger partial charge in [-0.3, -0.25) is 4.79 Å². The molecule has 0 aliphatic rings. The molecule has 4 nitrogen and oxygen atoms in total. The Hall–Kier alpha value is -1.78. The highest BCUT2D eigenvalue weighted by Gasteiger charge is 2.23. The molecule has 0 N–H and O–H groups in total. The van der Waals surface area contributed by atoms with E-state index in [1.54, 1.807) is 6.92 Å². The van der Waals surface area contributed by atoms with Crippen LogP contribution in [0.3, 0.4) is 0 Å². The minimum Gasteiger partial charge on any atom is -0.491 e. The van der Waals surface area contributed by atoms with Gasteiger partial charge in [0.25, 0.3) is 5.24 Å². The van der Waals surface area contributed by atoms with Crippen molar-refractivity contribution < 1.29 is 14.3 Å². The zero-order chi connectivity index (χ0) is 15.4. The fourth-order valence-electron chi connectivity index (χ4n) is 1.90. The van der Waals surface area contributed by atoms with Crippen LogP contribution in [-0.4, -0.2) is 17.3 Å². The SMILES string of the molecule is COc1c(C)nc(Cl)c(C(=O)Cl)c1OCc1ccccc1. The van der Waals surface area contributed by atoms with Crippen molar-refractivity contribution in [3.05, 3.63) is 52.3 Å². The van der Waals surface area contributed by atoms with E-state index in [4.69, 9.17) is 32.7 Å². The highest BCUT2D eigenvalue weighted by atomic mass is 35.5. The molecule has 0 radical (unpaired) electrons. The second-order valence-corrected chi connectivity index (χ2v) is 4.97. The molecule has 0 unspecified atom stereocenters. The van der Waals surface area contributed by atoms with Crippen LogP contribution in [0, 0.1) is 6.92 Å². The Bertz CT molecular complexity index is 660. The van der Waals surface area contributed by atoms with Crippen molar-refractivity contribution in [2.45, 2.75) is 13.5 Å². The van der Waals surface area contributed by atoms with Gasteiger partial charge in [-0.2, -0.15) is 0 Å². The van der Waals surface area contributed by atoms with Crippen LogP contribution in [0.4, 0.5) is 0 Å². The molecule has 0 aliphatic heterocycles. The van der Waals surface area contributed by atoms with E-state index in [9.17, 15) is 4.79 Å². The van der Waals surface area contributed by atoms with Crippen molar-refractivity contribution in [3.63, 3.8) is 0 Å². The Labute approximate surface area is 132 Å². The van der Waals surface area contributed by atoms with Crippen molar-refractivity contribution in [2.75, 3.05) is 7.11 Å². The molecule has 0 fully saturated rings. The van der Waals surface area contributed by atoms with E-state index in [0.717, 1.165) is 5.56 Å². The maximum absolute atomic E-state index is 11.6. The molecule has 0 amide bonds. The van der Waals surface area contributed by atoms with E-state index in [1.807, 2.05) is 30.3 Å². The number of pyridine rings is 1. The van der Waals surface area contributed by atoms with Gasteiger partial charge in [-0.25, -0.2) is 4.98 Å². The summed E-state index contributed by atoms with van der Waals surface area (Å²) >= 11 is 11.6. The standard InChI is InChI=1S/C15H13Cl2NO3/c1-9-12(20-2)13(11(15(17)19)14(16)18-9)21-8-10-6-4-3-5-7-10/h3-7H,8H2,1-2H3. The fraction of sp³-hybridized carbons (Fsp3) is 0.200. The lowest BCUT2D eigenvalue weighted by Crippen LogP contribution is -2.06. The average molecular weight is 326 g/mol. The van der Waals surface area contributed by atoms with Crippen molar-refractivity contribution in [3.8, 4) is 11.5 Å². The van der Waals surface area contributed by atoms with Gasteiger partial charge in [0, 0.05) is 0 Å². The Kier molecular flexibility index (Phi) is 5.04. The maximum atomic E-state index is 11.6. The number of carbonyl (C=O) groups excluding carboxylic acids is 1. The molecule has 1 aromatic heterocycles. The average Bonchev–Trinajstić information content (AvgIpc) is 2.45. The van der Waals surface area contributed by atoms with Crippen LogP contribution in [0.5, 0.6) is 11.5 Å². The second-order valence-electron chi connectivity index (χ2n) is 4.27. The van der Waals surface area contributed by atoms with Gasteiger partial charge in [-0.1, -0.05) is 41.9 Å². The quantitative estimate of drug-likeness (QED) is 0.615. The van der Waals surface area contributed by atoms with Gasteiger partial charge in [0.2, 0.25) is 0 Å². The molecule has 0 saturated heterocycles. The monoisotopic (exact) mass is 325 g/mol. The van der Waals surface area contributed by atoms with Crippen LogP contribution >= 0.6 is 23.2 Å². The van der Waals surface area contributed by atoms with Gasteiger partial charge in [-0.15, -0.1) is 0 Å². The van der Waals surface area contributed by atoms with Crippen LogP contribution in [0.25, 0.3) is 0 Å². The molecule has 0 aliphatic carbocycles. The summed E-state index contributed by atoms with van der Waals surface area (Å²) in [6, 6.07) is 9.52. The molecule has 1 heterocycles. The summed E-state index contributed by atoms with van der Waals surface area (Å²) in [5, 5.41) is -0.745. The van der Waals surface area contributed by atoms with Crippen molar-refractivity contribution >= 4 is 28.4 Å². The number of aromatic nitrogens is 1. The number of ether oxygens (including phenoxy) is 2. The minimum absolute atomic E-state index is 0.00337. The summed E-state index contributed by atoms with van der Waals surface area (Å²) in [7, 11) is 1.47. The van der Waals surface area contributed by atoms with E-state index < -0.39 is 5.24 Å². The lowest BCUT2D eigenvalue weighted by Gasteiger charge is -2.16. The molecular formula is C15H13Cl2NO3. The third-order valence-corrected chi connectivity index (χ3v) is 3.32. The van der Waals surface area contributed by atoms with E-state index in [1.165, 1.54) is 7.11 Å². The number of rotatable bonds is 5. The first kappa shape index (κ1) is 15.6. The van der Waals surface area contributed by atoms with Gasteiger partial charge in [0.15, 0.2) is 11.5 Å². The predicted octanol–water partition coefficient (Wildman–Crippen LogP) is 4.01. The number of methoxy groups -OCH3 is 1. The number of carbonyl (C=O) groups is 1. The molecule has 0 bridgehead atoms. The van der Waals surface area contributed by atoms with Gasteiger partial charge in [0.05, 0.1) is 12.8 Å². The topological polar surface area (TPSA) is 48.4 Å². The van der Waals surface area contributed by atoms with Crippen LogP contribution < -0.4 is 9.47 Å². The predicted molar refractivity (Wildman–Crippen MR) is 81.5 cm³/mol. The first-order chi connectivity index (χ1) is 10.0. The smallest absolute Gasteiger partial charge is 0.259 e. The Morgan fingerprint density at radius 1 is 1.24 bits per heavy atom. The molecule has 2 aromatic rings. The van der Waals surface area contributed by atoms with Gasteiger partial charge < -0.3 is 9.47 Å². The molecule has 21 heavy (non-hydrogen) atoms. The first-order valence-corrected chi connectivity index (χ1v) is 6.90. The number of halogens is 2. The normalized spacial score (nSPS) is 10.3. The van der Waals surface area contributed by atoms with Crippen molar-refractivity contribution in [1.82, 2.24) is 4.98 Å². The lowest BCUT2D eigenvalue weighted by molar-refractivity contribution is 0.107. The maximum Gasteiger partial charge on any atom is 0.259 e. The Morgan fingerprint density at radius 3 is 2.48 bits per heavy atom.